The Kier molecular flexibility index (Phi) is 4.23. The second-order valence-corrected chi connectivity index (χ2v) is 5.74. The van der Waals surface area contributed by atoms with Crippen LogP contribution in [0.3, 0.4) is 0 Å². The second kappa shape index (κ2) is 5.68. The van der Waals surface area contributed by atoms with Crippen molar-refractivity contribution in [3.05, 3.63) is 29.8 Å². The van der Waals surface area contributed by atoms with E-state index < -0.39 is 0 Å². The summed E-state index contributed by atoms with van der Waals surface area (Å²) < 4.78 is 0. The Morgan fingerprint density at radius 3 is 2.27 bits per heavy atom. The van der Waals surface area contributed by atoms with Gasteiger partial charge >= 0.3 is 0 Å². The standard InChI is InChI=1S/C11H16N2S2/c1-10-2-4-11(5-3-10)12-13-8-14-6-7-15-9-13/h2-5,12H,6-9H2,1H3. The van der Waals surface area contributed by atoms with E-state index in [1.807, 2.05) is 23.5 Å². The SMILES string of the molecule is Cc1ccc(NN2CSCCSC2)cc1. The van der Waals surface area contributed by atoms with Gasteiger partial charge in [0.1, 0.15) is 0 Å². The average Bonchev–Trinajstić information content (AvgIpc) is 2.50. The maximum atomic E-state index is 3.44. The van der Waals surface area contributed by atoms with Gasteiger partial charge in [0.2, 0.25) is 0 Å². The predicted molar refractivity (Wildman–Crippen MR) is 71.3 cm³/mol. The van der Waals surface area contributed by atoms with Crippen LogP contribution in [0.4, 0.5) is 5.69 Å². The van der Waals surface area contributed by atoms with E-state index in [1.165, 1.54) is 22.8 Å². The van der Waals surface area contributed by atoms with Crippen LogP contribution in [0.5, 0.6) is 0 Å². The van der Waals surface area contributed by atoms with E-state index in [1.54, 1.807) is 0 Å². The van der Waals surface area contributed by atoms with Crippen LogP contribution in [0.15, 0.2) is 24.3 Å². The third kappa shape index (κ3) is 3.63. The first-order chi connectivity index (χ1) is 7.34. The minimum Gasteiger partial charge on any atom is -0.317 e. The fraction of sp³-hybridized carbons (Fsp3) is 0.455. The third-order valence-corrected chi connectivity index (χ3v) is 4.44. The summed E-state index contributed by atoms with van der Waals surface area (Å²) in [5.74, 6) is 4.66. The lowest BCUT2D eigenvalue weighted by atomic mass is 10.2. The Morgan fingerprint density at radius 2 is 1.67 bits per heavy atom. The zero-order chi connectivity index (χ0) is 10.5. The van der Waals surface area contributed by atoms with Gasteiger partial charge in [0, 0.05) is 17.2 Å². The molecule has 0 amide bonds. The first-order valence-corrected chi connectivity index (χ1v) is 7.39. The maximum absolute atomic E-state index is 3.44. The van der Waals surface area contributed by atoms with Crippen molar-refractivity contribution in [2.24, 2.45) is 0 Å². The van der Waals surface area contributed by atoms with E-state index in [-0.39, 0.29) is 0 Å². The Balaban J connectivity index is 1.92. The Hall–Kier alpha value is -0.320. The molecule has 0 aliphatic carbocycles. The fourth-order valence-electron chi connectivity index (χ4n) is 1.38. The summed E-state index contributed by atoms with van der Waals surface area (Å²) in [4.78, 5) is 0. The van der Waals surface area contributed by atoms with Crippen LogP contribution in [0, 0.1) is 6.92 Å². The van der Waals surface area contributed by atoms with Crippen LogP contribution in [0.1, 0.15) is 5.56 Å². The summed E-state index contributed by atoms with van der Waals surface area (Å²) in [5.41, 5.74) is 5.93. The van der Waals surface area contributed by atoms with Crippen molar-refractivity contribution in [3.63, 3.8) is 0 Å². The molecular formula is C11H16N2S2. The molecule has 0 atom stereocenters. The van der Waals surface area contributed by atoms with Crippen molar-refractivity contribution in [1.82, 2.24) is 5.01 Å². The first-order valence-electron chi connectivity index (χ1n) is 5.08. The van der Waals surface area contributed by atoms with Crippen LogP contribution in [0.25, 0.3) is 0 Å². The molecule has 2 rings (SSSR count). The molecule has 1 heterocycles. The zero-order valence-electron chi connectivity index (χ0n) is 8.90. The summed E-state index contributed by atoms with van der Waals surface area (Å²) in [6, 6.07) is 8.55. The Bertz CT molecular complexity index is 292. The molecule has 1 aromatic carbocycles. The lowest BCUT2D eigenvalue weighted by Gasteiger charge is -2.21. The number of benzene rings is 1. The van der Waals surface area contributed by atoms with Crippen molar-refractivity contribution in [2.75, 3.05) is 28.7 Å². The first kappa shape index (κ1) is 11.2. The number of nitrogens with one attached hydrogen (secondary N) is 1. The minimum absolute atomic E-state index is 1.07. The highest BCUT2D eigenvalue weighted by Gasteiger charge is 2.08. The molecule has 1 saturated heterocycles. The maximum Gasteiger partial charge on any atom is 0.0644 e. The van der Waals surface area contributed by atoms with E-state index in [2.05, 4.69) is 41.6 Å². The quantitative estimate of drug-likeness (QED) is 0.854. The smallest absolute Gasteiger partial charge is 0.0644 e. The van der Waals surface area contributed by atoms with E-state index in [4.69, 9.17) is 0 Å². The lowest BCUT2D eigenvalue weighted by Crippen LogP contribution is -2.28. The van der Waals surface area contributed by atoms with Crippen molar-refractivity contribution < 1.29 is 0 Å². The molecular weight excluding hydrogens is 224 g/mol. The van der Waals surface area contributed by atoms with Gasteiger partial charge < -0.3 is 5.43 Å². The van der Waals surface area contributed by atoms with Crippen molar-refractivity contribution in [1.29, 1.82) is 0 Å². The van der Waals surface area contributed by atoms with Gasteiger partial charge in [-0.25, -0.2) is 5.01 Å². The highest BCUT2D eigenvalue weighted by Crippen LogP contribution is 2.18. The monoisotopic (exact) mass is 240 g/mol. The second-order valence-electron chi connectivity index (χ2n) is 3.59. The number of hydrogen-bond donors (Lipinski definition) is 1. The molecule has 0 bridgehead atoms. The summed E-state index contributed by atoms with van der Waals surface area (Å²) in [5, 5.41) is 2.27. The van der Waals surface area contributed by atoms with Crippen LogP contribution >= 0.6 is 23.5 Å². The van der Waals surface area contributed by atoms with E-state index in [0.717, 1.165) is 11.8 Å². The molecule has 0 saturated carbocycles. The highest BCUT2D eigenvalue weighted by atomic mass is 32.2. The number of rotatable bonds is 2. The molecule has 1 N–H and O–H groups in total. The molecule has 0 aromatic heterocycles. The van der Waals surface area contributed by atoms with Gasteiger partial charge in [0.15, 0.2) is 0 Å². The van der Waals surface area contributed by atoms with Gasteiger partial charge in [-0.05, 0) is 19.1 Å². The topological polar surface area (TPSA) is 15.3 Å². The van der Waals surface area contributed by atoms with Gasteiger partial charge in [-0.2, -0.15) is 0 Å². The Morgan fingerprint density at radius 1 is 1.07 bits per heavy atom. The number of aryl methyl sites for hydroxylation is 1. The molecule has 0 unspecified atom stereocenters. The normalized spacial score (nSPS) is 18.5. The molecule has 1 fully saturated rings. The van der Waals surface area contributed by atoms with Crippen LogP contribution in [-0.2, 0) is 0 Å². The molecule has 0 radical (unpaired) electrons. The fourth-order valence-corrected chi connectivity index (χ4v) is 3.45. The number of anilines is 1. The molecule has 15 heavy (non-hydrogen) atoms. The molecule has 0 spiro atoms. The average molecular weight is 240 g/mol. The van der Waals surface area contributed by atoms with Gasteiger partial charge in [-0.1, -0.05) is 17.7 Å². The summed E-state index contributed by atoms with van der Waals surface area (Å²) >= 11 is 3.98. The molecule has 82 valence electrons. The van der Waals surface area contributed by atoms with Crippen LogP contribution in [0.2, 0.25) is 0 Å². The van der Waals surface area contributed by atoms with Crippen molar-refractivity contribution in [3.8, 4) is 0 Å². The summed E-state index contributed by atoms with van der Waals surface area (Å²) in [6.45, 7) is 2.11. The number of hydrogen-bond acceptors (Lipinski definition) is 4. The van der Waals surface area contributed by atoms with E-state index >= 15 is 0 Å². The van der Waals surface area contributed by atoms with Crippen LogP contribution < -0.4 is 5.43 Å². The Labute approximate surface area is 99.8 Å². The highest BCUT2D eigenvalue weighted by molar-refractivity contribution is 8.03. The minimum atomic E-state index is 1.07. The van der Waals surface area contributed by atoms with Gasteiger partial charge in [0.25, 0.3) is 0 Å². The van der Waals surface area contributed by atoms with Gasteiger partial charge in [-0.15, -0.1) is 23.5 Å². The van der Waals surface area contributed by atoms with Crippen molar-refractivity contribution >= 4 is 29.2 Å². The number of hydrazine groups is 1. The van der Waals surface area contributed by atoms with Gasteiger partial charge in [0.05, 0.1) is 11.8 Å². The molecule has 2 nitrogen and oxygen atoms in total. The summed E-state index contributed by atoms with van der Waals surface area (Å²) in [6.07, 6.45) is 0. The van der Waals surface area contributed by atoms with Crippen LogP contribution in [-0.4, -0.2) is 28.3 Å². The predicted octanol–water partition coefficient (Wildman–Crippen LogP) is 3.02. The molecule has 1 aliphatic rings. The third-order valence-electron chi connectivity index (χ3n) is 2.21. The lowest BCUT2D eigenvalue weighted by molar-refractivity contribution is 0.459. The largest absolute Gasteiger partial charge is 0.317 e. The van der Waals surface area contributed by atoms with Gasteiger partial charge in [-0.3, -0.25) is 0 Å². The number of nitrogens with zero attached hydrogens (tertiary/aromatic N) is 1. The zero-order valence-corrected chi connectivity index (χ0v) is 10.5. The summed E-state index contributed by atoms with van der Waals surface area (Å²) in [7, 11) is 0. The molecule has 1 aliphatic heterocycles. The van der Waals surface area contributed by atoms with Crippen molar-refractivity contribution in [2.45, 2.75) is 6.92 Å². The van der Waals surface area contributed by atoms with E-state index in [9.17, 15) is 0 Å². The number of thioether (sulfide) groups is 2. The molecule has 1 aromatic rings. The molecule has 4 heteroatoms. The van der Waals surface area contributed by atoms with E-state index in [0.29, 0.717) is 0 Å².